The summed E-state index contributed by atoms with van der Waals surface area (Å²) in [4.78, 5) is 50.5. The molecule has 4 N–H and O–H groups in total. The first-order valence-corrected chi connectivity index (χ1v) is 16.5. The van der Waals surface area contributed by atoms with E-state index in [4.69, 9.17) is 4.74 Å². The number of quaternary nitrogens is 1. The molecule has 45 heavy (non-hydrogen) atoms. The van der Waals surface area contributed by atoms with Gasteiger partial charge < -0.3 is 25.2 Å². The summed E-state index contributed by atoms with van der Waals surface area (Å²) in [5.74, 6) is -3.69. The third-order valence-electron chi connectivity index (χ3n) is 11.4. The number of H-pyrrole nitrogens is 1. The van der Waals surface area contributed by atoms with Crippen LogP contribution in [0.2, 0.25) is 0 Å². The standard InChI is InChI=1S/C35H41N5O5/c1-20(2)34(37-31(41)23-16-25-24-11-7-12-26-30(24)22(18-36-26)17-27(25)38(3)19-23)33(43)40-28(15-21-9-5-4-6-10-21)32(42)39-14-8-13-29(39)35(40,44)45-34/h4-7,9-12,18,20,23,25,27-29,36,44H,8,13-17,19H2,1-3H3,(H,37,41)/p+1/t23-,25-,27+,28-,29-,34+,35+/m1/s1. The number of likely N-dealkylation sites (N-methyl/N-ethyl adjacent to an activating group) is 1. The summed E-state index contributed by atoms with van der Waals surface area (Å²) in [6.07, 6.45) is 5.20. The maximum atomic E-state index is 14.6. The topological polar surface area (TPSA) is 119 Å². The lowest BCUT2D eigenvalue weighted by molar-refractivity contribution is -0.915. The number of aromatic nitrogens is 1. The summed E-state index contributed by atoms with van der Waals surface area (Å²) in [6, 6.07) is 14.6. The molecule has 4 saturated heterocycles. The van der Waals surface area contributed by atoms with Crippen molar-refractivity contribution in [3.63, 3.8) is 0 Å². The lowest BCUT2D eigenvalue weighted by Crippen LogP contribution is -3.16. The van der Waals surface area contributed by atoms with Crippen LogP contribution in [0, 0.1) is 11.8 Å². The van der Waals surface area contributed by atoms with Gasteiger partial charge in [-0.2, -0.15) is 0 Å². The van der Waals surface area contributed by atoms with Crippen LogP contribution in [0.4, 0.5) is 0 Å². The number of nitrogens with zero attached hydrogens (tertiary/aromatic N) is 2. The summed E-state index contributed by atoms with van der Waals surface area (Å²) in [5.41, 5.74) is 2.81. The van der Waals surface area contributed by atoms with E-state index in [0.29, 0.717) is 38.4 Å². The van der Waals surface area contributed by atoms with Crippen molar-refractivity contribution in [3.05, 3.63) is 71.4 Å². The molecule has 8 rings (SSSR count). The fourth-order valence-corrected chi connectivity index (χ4v) is 9.15. The SMILES string of the molecule is CC(C)[C@]1(NC(=O)[C@@H]2C[C@@H]3c4cccc5[nH]cc(c45)C[C@@H]3[NH+](C)C2)O[C@@]2(O)[C@H]3CCCN3C(=O)[C@@H](Cc3ccccc3)N2C1=O. The van der Waals surface area contributed by atoms with Gasteiger partial charge in [-0.05, 0) is 42.0 Å². The molecule has 10 nitrogen and oxygen atoms in total. The van der Waals surface area contributed by atoms with Gasteiger partial charge in [0.15, 0.2) is 0 Å². The third-order valence-corrected chi connectivity index (χ3v) is 11.4. The number of aliphatic hydroxyl groups is 1. The molecule has 0 radical (unpaired) electrons. The highest BCUT2D eigenvalue weighted by atomic mass is 16.7. The summed E-state index contributed by atoms with van der Waals surface area (Å²) in [7, 11) is 2.15. The van der Waals surface area contributed by atoms with Gasteiger partial charge in [-0.15, -0.1) is 0 Å². The molecule has 5 aliphatic rings. The maximum absolute atomic E-state index is 14.6. The van der Waals surface area contributed by atoms with Crippen molar-refractivity contribution >= 4 is 28.6 Å². The quantitative estimate of drug-likeness (QED) is 0.347. The van der Waals surface area contributed by atoms with E-state index < -0.39 is 35.5 Å². The smallest absolute Gasteiger partial charge is 0.281 e. The van der Waals surface area contributed by atoms with Crippen LogP contribution in [0.3, 0.4) is 0 Å². The van der Waals surface area contributed by atoms with Crippen molar-refractivity contribution in [2.75, 3.05) is 20.1 Å². The lowest BCUT2D eigenvalue weighted by atomic mass is 9.72. The van der Waals surface area contributed by atoms with Crippen LogP contribution < -0.4 is 10.2 Å². The second-order valence-electron chi connectivity index (χ2n) is 14.2. The summed E-state index contributed by atoms with van der Waals surface area (Å²) in [5, 5.41) is 16.6. The number of ether oxygens (including phenoxy) is 1. The molecule has 1 unspecified atom stereocenters. The molecule has 3 aromatic rings. The summed E-state index contributed by atoms with van der Waals surface area (Å²) < 4.78 is 6.52. The van der Waals surface area contributed by atoms with Crippen molar-refractivity contribution in [2.45, 2.75) is 81.6 Å². The average Bonchev–Trinajstić information content (AvgIpc) is 3.74. The number of rotatable bonds is 5. The van der Waals surface area contributed by atoms with Gasteiger partial charge in [-0.1, -0.05) is 56.3 Å². The average molecular weight is 613 g/mol. The van der Waals surface area contributed by atoms with Crippen LogP contribution in [0.25, 0.3) is 10.9 Å². The first-order chi connectivity index (χ1) is 21.6. The van der Waals surface area contributed by atoms with Gasteiger partial charge in [0.25, 0.3) is 11.8 Å². The molecule has 4 fully saturated rings. The molecular weight excluding hydrogens is 570 g/mol. The number of carbonyl (C=O) groups is 3. The molecule has 8 atom stereocenters. The van der Waals surface area contributed by atoms with Crippen LogP contribution in [0.5, 0.6) is 0 Å². The van der Waals surface area contributed by atoms with E-state index >= 15 is 0 Å². The van der Waals surface area contributed by atoms with E-state index in [9.17, 15) is 19.5 Å². The predicted octanol–water partition coefficient (Wildman–Crippen LogP) is 1.30. The molecule has 4 aliphatic heterocycles. The molecule has 0 spiro atoms. The Balaban J connectivity index is 1.12. The number of nitrogens with one attached hydrogen (secondary N) is 3. The zero-order valence-corrected chi connectivity index (χ0v) is 26.1. The molecule has 236 valence electrons. The van der Waals surface area contributed by atoms with Gasteiger partial charge in [0.2, 0.25) is 17.5 Å². The number of piperidine rings is 1. The minimum absolute atomic E-state index is 0.187. The molecule has 1 aliphatic carbocycles. The van der Waals surface area contributed by atoms with Gasteiger partial charge in [0.05, 0.1) is 25.6 Å². The Kier molecular flexibility index (Phi) is 6.47. The fraction of sp³-hybridized carbons (Fsp3) is 0.514. The number of hydrogen-bond donors (Lipinski definition) is 4. The van der Waals surface area contributed by atoms with Gasteiger partial charge >= 0.3 is 0 Å². The van der Waals surface area contributed by atoms with Crippen molar-refractivity contribution < 1.29 is 29.1 Å². The van der Waals surface area contributed by atoms with Crippen LogP contribution in [0.1, 0.15) is 55.7 Å². The fourth-order valence-electron chi connectivity index (χ4n) is 9.15. The van der Waals surface area contributed by atoms with Gasteiger partial charge in [0, 0.05) is 48.3 Å². The number of likely N-dealkylation sites (tertiary alicyclic amines) is 1. The monoisotopic (exact) mass is 612 g/mol. The van der Waals surface area contributed by atoms with Crippen LogP contribution in [0.15, 0.2) is 54.7 Å². The summed E-state index contributed by atoms with van der Waals surface area (Å²) >= 11 is 0. The van der Waals surface area contributed by atoms with Crippen molar-refractivity contribution in [1.29, 1.82) is 0 Å². The summed E-state index contributed by atoms with van der Waals surface area (Å²) in [6.45, 7) is 4.78. The highest BCUT2D eigenvalue weighted by Crippen LogP contribution is 2.48. The Morgan fingerprint density at radius 2 is 1.98 bits per heavy atom. The maximum Gasteiger partial charge on any atom is 0.281 e. The van der Waals surface area contributed by atoms with E-state index in [2.05, 4.69) is 41.7 Å². The first-order valence-electron chi connectivity index (χ1n) is 16.5. The van der Waals surface area contributed by atoms with E-state index in [0.717, 1.165) is 17.5 Å². The number of benzene rings is 2. The van der Waals surface area contributed by atoms with Crippen LogP contribution >= 0.6 is 0 Å². The number of aromatic amines is 1. The van der Waals surface area contributed by atoms with E-state index in [1.165, 1.54) is 26.3 Å². The van der Waals surface area contributed by atoms with Crippen LogP contribution in [-0.4, -0.2) is 87.5 Å². The molecular formula is C35H42N5O5+. The molecule has 0 saturated carbocycles. The second-order valence-corrected chi connectivity index (χ2v) is 14.2. The molecule has 10 heteroatoms. The Morgan fingerprint density at radius 3 is 2.76 bits per heavy atom. The highest BCUT2D eigenvalue weighted by Gasteiger charge is 2.72. The number of hydrogen-bond acceptors (Lipinski definition) is 5. The van der Waals surface area contributed by atoms with Crippen LogP contribution in [-0.2, 0) is 32.0 Å². The van der Waals surface area contributed by atoms with Crippen molar-refractivity contribution in [2.24, 2.45) is 11.8 Å². The lowest BCUT2D eigenvalue weighted by Gasteiger charge is -2.48. The third kappa shape index (κ3) is 4.08. The van der Waals surface area contributed by atoms with Gasteiger partial charge in [0.1, 0.15) is 12.1 Å². The van der Waals surface area contributed by atoms with E-state index in [1.54, 1.807) is 4.90 Å². The molecule has 5 heterocycles. The minimum atomic E-state index is -2.04. The Labute approximate surface area is 262 Å². The molecule has 1 aromatic heterocycles. The second kappa shape index (κ2) is 10.1. The number of piperazine rings is 1. The largest absolute Gasteiger partial charge is 0.361 e. The van der Waals surface area contributed by atoms with E-state index in [-0.39, 0.29) is 30.1 Å². The van der Waals surface area contributed by atoms with Gasteiger partial charge in [-0.3, -0.25) is 24.0 Å². The number of carbonyl (C=O) groups excluding carboxylic acids is 3. The Bertz CT molecular complexity index is 1690. The number of fused-ring (bicyclic) bond motifs is 5. The normalized spacial score (nSPS) is 35.5. The Hall–Kier alpha value is -3.73. The zero-order chi connectivity index (χ0) is 31.2. The number of amides is 3. The highest BCUT2D eigenvalue weighted by molar-refractivity contribution is 5.98. The first kappa shape index (κ1) is 28.7. The van der Waals surface area contributed by atoms with Crippen molar-refractivity contribution in [1.82, 2.24) is 20.1 Å². The molecule has 2 aromatic carbocycles. The zero-order valence-electron chi connectivity index (χ0n) is 26.1. The molecule has 0 bridgehead atoms. The van der Waals surface area contributed by atoms with Gasteiger partial charge in [-0.25, -0.2) is 0 Å². The minimum Gasteiger partial charge on any atom is -0.361 e. The molecule has 3 amide bonds. The van der Waals surface area contributed by atoms with Crippen molar-refractivity contribution in [3.8, 4) is 0 Å². The van der Waals surface area contributed by atoms with E-state index in [1.807, 2.05) is 44.2 Å². The predicted molar refractivity (Wildman–Crippen MR) is 166 cm³/mol. The Morgan fingerprint density at radius 1 is 1.18 bits per heavy atom.